The van der Waals surface area contributed by atoms with Crippen LogP contribution in [-0.2, 0) is 26.2 Å². The average Bonchev–Trinajstić information content (AvgIpc) is 3.34. The van der Waals surface area contributed by atoms with Gasteiger partial charge in [0.05, 0.1) is 18.6 Å². The first-order valence-corrected chi connectivity index (χ1v) is 14.8. The van der Waals surface area contributed by atoms with Crippen LogP contribution in [-0.4, -0.2) is 56.6 Å². The van der Waals surface area contributed by atoms with Gasteiger partial charge in [-0.1, -0.05) is 54.2 Å². The summed E-state index contributed by atoms with van der Waals surface area (Å²) in [6.45, 7) is 3.22. The van der Waals surface area contributed by atoms with Gasteiger partial charge < -0.3 is 15.0 Å². The van der Waals surface area contributed by atoms with Crippen LogP contribution in [0.15, 0.2) is 42.5 Å². The van der Waals surface area contributed by atoms with Gasteiger partial charge in [0.25, 0.3) is 0 Å². The van der Waals surface area contributed by atoms with E-state index in [1.165, 1.54) is 4.90 Å². The lowest BCUT2D eigenvalue weighted by atomic mass is 10.1. The number of para-hydroxylation sites is 2. The van der Waals surface area contributed by atoms with Crippen molar-refractivity contribution in [3.05, 3.63) is 58.1 Å². The fraction of sp³-hybridized carbons (Fsp3) is 0.462. The van der Waals surface area contributed by atoms with Gasteiger partial charge in [-0.25, -0.2) is 8.42 Å². The van der Waals surface area contributed by atoms with Crippen molar-refractivity contribution in [3.8, 4) is 5.75 Å². The number of carbonyl (C=O) groups excluding carboxylic acids is 2. The molecule has 202 valence electrons. The van der Waals surface area contributed by atoms with Crippen LogP contribution in [0.25, 0.3) is 0 Å². The summed E-state index contributed by atoms with van der Waals surface area (Å²) in [4.78, 5) is 28.2. The Balaban J connectivity index is 1.94. The molecule has 2 aromatic carbocycles. The van der Waals surface area contributed by atoms with E-state index in [4.69, 9.17) is 27.9 Å². The second kappa shape index (κ2) is 12.8. The Labute approximate surface area is 228 Å². The molecule has 1 atom stereocenters. The van der Waals surface area contributed by atoms with Gasteiger partial charge in [0, 0.05) is 22.6 Å². The monoisotopic (exact) mass is 569 g/mol. The summed E-state index contributed by atoms with van der Waals surface area (Å²) in [6, 6.07) is 10.7. The van der Waals surface area contributed by atoms with Crippen LogP contribution >= 0.6 is 23.2 Å². The smallest absolute Gasteiger partial charge is 0.244 e. The molecule has 0 bridgehead atoms. The highest BCUT2D eigenvalue weighted by Crippen LogP contribution is 2.30. The van der Waals surface area contributed by atoms with E-state index < -0.39 is 28.5 Å². The molecule has 0 heterocycles. The van der Waals surface area contributed by atoms with Crippen molar-refractivity contribution < 1.29 is 22.7 Å². The van der Waals surface area contributed by atoms with E-state index >= 15 is 0 Å². The van der Waals surface area contributed by atoms with Crippen molar-refractivity contribution in [1.82, 2.24) is 10.2 Å². The Morgan fingerprint density at radius 2 is 1.81 bits per heavy atom. The third-order valence-electron chi connectivity index (χ3n) is 6.34. The topological polar surface area (TPSA) is 96.0 Å². The molecule has 1 aliphatic rings. The number of halogens is 2. The van der Waals surface area contributed by atoms with E-state index in [2.05, 4.69) is 5.32 Å². The van der Waals surface area contributed by atoms with Gasteiger partial charge >= 0.3 is 0 Å². The van der Waals surface area contributed by atoms with Crippen LogP contribution in [0, 0.1) is 0 Å². The zero-order valence-corrected chi connectivity index (χ0v) is 23.6. The molecule has 0 unspecified atom stereocenters. The number of nitrogens with one attached hydrogen (secondary N) is 1. The third kappa shape index (κ3) is 7.75. The predicted octanol–water partition coefficient (Wildman–Crippen LogP) is 4.63. The standard InChI is InChI=1S/C26H33Cl2N3O5S/c1-4-36-24-12-8-7-11-23(24)31(37(3,34)35)17-25(32)30(16-19-13-14-20(27)15-22(19)28)18(2)26(33)29-21-9-5-6-10-21/h7-8,11-15,18,21H,4-6,9-10,16-17H2,1-3H3,(H,29,33)/t18-/m0/s1. The number of hydrogen-bond donors (Lipinski definition) is 1. The highest BCUT2D eigenvalue weighted by molar-refractivity contribution is 7.92. The number of amides is 2. The summed E-state index contributed by atoms with van der Waals surface area (Å²) in [7, 11) is -3.88. The van der Waals surface area contributed by atoms with Gasteiger partial charge in [0.15, 0.2) is 0 Å². The van der Waals surface area contributed by atoms with Crippen molar-refractivity contribution in [2.24, 2.45) is 0 Å². The first-order chi connectivity index (χ1) is 17.5. The summed E-state index contributed by atoms with van der Waals surface area (Å²) < 4.78 is 32.2. The SMILES string of the molecule is CCOc1ccccc1N(CC(=O)N(Cc1ccc(Cl)cc1Cl)[C@@H](C)C(=O)NC1CCCC1)S(C)(=O)=O. The molecule has 1 aliphatic carbocycles. The summed E-state index contributed by atoms with van der Waals surface area (Å²) >= 11 is 12.4. The van der Waals surface area contributed by atoms with Gasteiger partial charge in [-0.15, -0.1) is 0 Å². The molecule has 1 N–H and O–H groups in total. The fourth-order valence-electron chi connectivity index (χ4n) is 4.34. The Kier molecular flexibility index (Phi) is 10.1. The van der Waals surface area contributed by atoms with Crippen LogP contribution in [0.1, 0.15) is 45.1 Å². The minimum Gasteiger partial charge on any atom is -0.492 e. The number of benzene rings is 2. The third-order valence-corrected chi connectivity index (χ3v) is 8.05. The molecule has 11 heteroatoms. The molecule has 0 saturated heterocycles. The maximum Gasteiger partial charge on any atom is 0.244 e. The van der Waals surface area contributed by atoms with Crippen LogP contribution in [0.5, 0.6) is 5.75 Å². The van der Waals surface area contributed by atoms with Crippen molar-refractivity contribution in [2.75, 3.05) is 23.7 Å². The zero-order chi connectivity index (χ0) is 27.2. The summed E-state index contributed by atoms with van der Waals surface area (Å²) in [6.07, 6.45) is 4.91. The number of hydrogen-bond acceptors (Lipinski definition) is 5. The van der Waals surface area contributed by atoms with E-state index in [9.17, 15) is 18.0 Å². The largest absolute Gasteiger partial charge is 0.492 e. The average molecular weight is 571 g/mol. The predicted molar refractivity (Wildman–Crippen MR) is 147 cm³/mol. The van der Waals surface area contributed by atoms with E-state index in [0.29, 0.717) is 28.0 Å². The first-order valence-electron chi connectivity index (χ1n) is 12.2. The van der Waals surface area contributed by atoms with Crippen LogP contribution in [0.3, 0.4) is 0 Å². The van der Waals surface area contributed by atoms with Gasteiger partial charge in [0.1, 0.15) is 18.3 Å². The molecule has 2 aromatic rings. The molecule has 1 saturated carbocycles. The van der Waals surface area contributed by atoms with Gasteiger partial charge in [-0.05, 0) is 56.5 Å². The number of nitrogens with zero attached hydrogens (tertiary/aromatic N) is 2. The van der Waals surface area contributed by atoms with Crippen molar-refractivity contribution in [2.45, 2.75) is 58.2 Å². The van der Waals surface area contributed by atoms with Crippen LogP contribution in [0.2, 0.25) is 10.0 Å². The van der Waals surface area contributed by atoms with Crippen molar-refractivity contribution in [1.29, 1.82) is 0 Å². The lowest BCUT2D eigenvalue weighted by Crippen LogP contribution is -2.52. The molecule has 2 amide bonds. The summed E-state index contributed by atoms with van der Waals surface area (Å²) in [5.41, 5.74) is 0.827. The molecule has 0 radical (unpaired) electrons. The maximum absolute atomic E-state index is 13.7. The molecule has 1 fully saturated rings. The molecular formula is C26H33Cl2N3O5S. The summed E-state index contributed by atoms with van der Waals surface area (Å²) in [5, 5.41) is 3.81. The summed E-state index contributed by atoms with van der Waals surface area (Å²) in [5.74, 6) is -0.523. The molecule has 8 nitrogen and oxygen atoms in total. The van der Waals surface area contributed by atoms with Gasteiger partial charge in [-0.3, -0.25) is 13.9 Å². The second-order valence-electron chi connectivity index (χ2n) is 9.09. The van der Waals surface area contributed by atoms with E-state index in [1.54, 1.807) is 56.3 Å². The minimum atomic E-state index is -3.88. The quantitative estimate of drug-likeness (QED) is 0.425. The number of sulfonamides is 1. The molecule has 0 spiro atoms. The minimum absolute atomic E-state index is 0.00119. The first kappa shape index (κ1) is 29.1. The van der Waals surface area contributed by atoms with E-state index in [-0.39, 0.29) is 24.2 Å². The van der Waals surface area contributed by atoms with Crippen molar-refractivity contribution in [3.63, 3.8) is 0 Å². The molecule has 0 aliphatic heterocycles. The Morgan fingerprint density at radius 1 is 1.14 bits per heavy atom. The van der Waals surface area contributed by atoms with E-state index in [1.807, 2.05) is 0 Å². The highest BCUT2D eigenvalue weighted by Gasteiger charge is 2.32. The highest BCUT2D eigenvalue weighted by atomic mass is 35.5. The molecular weight excluding hydrogens is 537 g/mol. The van der Waals surface area contributed by atoms with Crippen LogP contribution < -0.4 is 14.4 Å². The molecule has 37 heavy (non-hydrogen) atoms. The number of anilines is 1. The Hall–Kier alpha value is -2.49. The van der Waals surface area contributed by atoms with Crippen LogP contribution in [0.4, 0.5) is 5.69 Å². The maximum atomic E-state index is 13.7. The molecule has 0 aromatic heterocycles. The molecule has 3 rings (SSSR count). The Morgan fingerprint density at radius 3 is 2.43 bits per heavy atom. The number of rotatable bonds is 11. The Bertz CT molecular complexity index is 1220. The zero-order valence-electron chi connectivity index (χ0n) is 21.2. The lowest BCUT2D eigenvalue weighted by molar-refractivity contribution is -0.139. The van der Waals surface area contributed by atoms with E-state index in [0.717, 1.165) is 36.2 Å². The van der Waals surface area contributed by atoms with Crippen molar-refractivity contribution >= 4 is 50.7 Å². The normalized spacial score (nSPS) is 14.7. The number of ether oxygens (including phenoxy) is 1. The number of carbonyl (C=O) groups is 2. The lowest BCUT2D eigenvalue weighted by Gasteiger charge is -2.32. The second-order valence-corrected chi connectivity index (χ2v) is 11.8. The van der Waals surface area contributed by atoms with Gasteiger partial charge in [-0.2, -0.15) is 0 Å². The van der Waals surface area contributed by atoms with Gasteiger partial charge in [0.2, 0.25) is 21.8 Å². The fourth-order valence-corrected chi connectivity index (χ4v) is 5.66.